The van der Waals surface area contributed by atoms with Crippen LogP contribution in [0.25, 0.3) is 6.08 Å². The van der Waals surface area contributed by atoms with Crippen molar-refractivity contribution in [2.75, 3.05) is 0 Å². The smallest absolute Gasteiger partial charge is 0.122 e. The van der Waals surface area contributed by atoms with Crippen molar-refractivity contribution < 1.29 is 4.74 Å². The van der Waals surface area contributed by atoms with E-state index < -0.39 is 8.07 Å². The summed E-state index contributed by atoms with van der Waals surface area (Å²) in [5, 5.41) is 1.60. The number of ether oxygens (including phenoxy) is 1. The van der Waals surface area contributed by atoms with E-state index >= 15 is 0 Å². The summed E-state index contributed by atoms with van der Waals surface area (Å²) >= 11 is 0. The molecule has 0 amide bonds. The van der Waals surface area contributed by atoms with E-state index in [1.54, 1.807) is 10.8 Å². The molecule has 2 aliphatic rings. The highest BCUT2D eigenvalue weighted by Crippen LogP contribution is 2.59. The predicted molar refractivity (Wildman–Crippen MR) is 151 cm³/mol. The quantitative estimate of drug-likeness (QED) is 0.380. The fourth-order valence-electron chi connectivity index (χ4n) is 7.35. The molecule has 4 rings (SSSR count). The summed E-state index contributed by atoms with van der Waals surface area (Å²) in [6.45, 7) is 21.1. The molecule has 1 nitrogen and oxygen atoms in total. The van der Waals surface area contributed by atoms with Crippen molar-refractivity contribution in [1.82, 2.24) is 0 Å². The van der Waals surface area contributed by atoms with Crippen molar-refractivity contribution in [3.8, 4) is 5.75 Å². The van der Waals surface area contributed by atoms with E-state index in [-0.39, 0.29) is 5.60 Å². The Morgan fingerprint density at radius 2 is 1.74 bits per heavy atom. The van der Waals surface area contributed by atoms with Gasteiger partial charge >= 0.3 is 0 Å². The molecule has 0 aromatic heterocycles. The first-order valence-corrected chi connectivity index (χ1v) is 16.1. The fourth-order valence-corrected chi connectivity index (χ4v) is 13.4. The van der Waals surface area contributed by atoms with E-state index in [4.69, 9.17) is 4.74 Å². The lowest BCUT2D eigenvalue weighted by molar-refractivity contribution is 0.130. The Bertz CT molecular complexity index is 1050. The molecular formula is C32H46OSi. The summed E-state index contributed by atoms with van der Waals surface area (Å²) in [6, 6.07) is 16.6. The van der Waals surface area contributed by atoms with Gasteiger partial charge in [-0.25, -0.2) is 0 Å². The summed E-state index contributed by atoms with van der Waals surface area (Å²) in [6.07, 6.45) is 6.33. The van der Waals surface area contributed by atoms with Crippen LogP contribution in [0.2, 0.25) is 17.6 Å². The summed E-state index contributed by atoms with van der Waals surface area (Å²) in [4.78, 5) is 0. The Morgan fingerprint density at radius 3 is 2.35 bits per heavy atom. The number of benzene rings is 2. The standard InChI is InChI=1S/C32H46OSi/c1-10-34(11-2,29-19-22(5)18-27(21(3)4)30(29)33-32(7,8)9)31-23(6)20-28-25-15-13-12-14-24(25)16-17-26(28)31/h12-19,21,23,26,28,31H,10-11,20H2,1-9H3. The minimum Gasteiger partial charge on any atom is -0.488 e. The molecule has 34 heavy (non-hydrogen) atoms. The van der Waals surface area contributed by atoms with Crippen LogP contribution in [-0.2, 0) is 0 Å². The maximum atomic E-state index is 6.89. The van der Waals surface area contributed by atoms with E-state index in [0.29, 0.717) is 17.8 Å². The average molecular weight is 475 g/mol. The van der Waals surface area contributed by atoms with Crippen LogP contribution in [0.1, 0.15) is 95.9 Å². The van der Waals surface area contributed by atoms with Crippen LogP contribution in [0, 0.1) is 18.8 Å². The highest BCUT2D eigenvalue weighted by atomic mass is 28.3. The van der Waals surface area contributed by atoms with Crippen LogP contribution in [0.4, 0.5) is 0 Å². The van der Waals surface area contributed by atoms with Crippen LogP contribution in [-0.4, -0.2) is 13.7 Å². The van der Waals surface area contributed by atoms with Gasteiger partial charge in [-0.1, -0.05) is 101 Å². The number of aryl methyl sites for hydroxylation is 1. The second-order valence-electron chi connectivity index (χ2n) is 12.4. The fraction of sp³-hybridized carbons (Fsp3) is 0.562. The van der Waals surface area contributed by atoms with Crippen molar-refractivity contribution in [2.45, 2.75) is 104 Å². The third-order valence-electron chi connectivity index (χ3n) is 8.74. The molecule has 1 saturated carbocycles. The largest absolute Gasteiger partial charge is 0.488 e. The summed E-state index contributed by atoms with van der Waals surface area (Å²) in [5.41, 5.74) is 6.34. The van der Waals surface area contributed by atoms with Gasteiger partial charge in [0, 0.05) is 0 Å². The van der Waals surface area contributed by atoms with Crippen molar-refractivity contribution in [2.24, 2.45) is 11.8 Å². The zero-order valence-corrected chi connectivity index (χ0v) is 24.0. The minimum absolute atomic E-state index is 0.206. The van der Waals surface area contributed by atoms with Gasteiger partial charge in [0.15, 0.2) is 0 Å². The molecule has 0 saturated heterocycles. The third-order valence-corrected chi connectivity index (χ3v) is 14.9. The lowest BCUT2D eigenvalue weighted by Gasteiger charge is -2.44. The van der Waals surface area contributed by atoms with Gasteiger partial charge in [0.2, 0.25) is 0 Å². The molecule has 0 heterocycles. The predicted octanol–water partition coefficient (Wildman–Crippen LogP) is 8.83. The Kier molecular flexibility index (Phi) is 6.95. The number of hydrogen-bond acceptors (Lipinski definition) is 1. The lowest BCUT2D eigenvalue weighted by Crippen LogP contribution is -2.54. The number of hydrogen-bond donors (Lipinski definition) is 0. The number of allylic oxidation sites excluding steroid dienone is 1. The molecule has 4 unspecified atom stereocenters. The van der Waals surface area contributed by atoms with Gasteiger partial charge in [-0.05, 0) is 85.2 Å². The second-order valence-corrected chi connectivity index (χ2v) is 17.3. The molecule has 2 heteroatoms. The SMILES string of the molecule is CC[Si](CC)(c1cc(C)cc(C(C)C)c1OC(C)(C)C)C1C(C)CC2c3ccccc3C=CC21. The topological polar surface area (TPSA) is 9.23 Å². The molecule has 2 aromatic carbocycles. The van der Waals surface area contributed by atoms with Gasteiger partial charge in [-0.3, -0.25) is 0 Å². The first-order chi connectivity index (χ1) is 16.0. The molecule has 0 radical (unpaired) electrons. The molecule has 4 atom stereocenters. The highest BCUT2D eigenvalue weighted by Gasteiger charge is 2.54. The normalized spacial score (nSPS) is 24.3. The molecule has 0 bridgehead atoms. The molecule has 0 spiro atoms. The van der Waals surface area contributed by atoms with Gasteiger partial charge in [-0.15, -0.1) is 0 Å². The molecule has 1 fully saturated rings. The van der Waals surface area contributed by atoms with Crippen LogP contribution in [0.3, 0.4) is 0 Å². The molecule has 0 aliphatic heterocycles. The van der Waals surface area contributed by atoms with Crippen LogP contribution in [0.15, 0.2) is 42.5 Å². The molecule has 2 aromatic rings. The summed E-state index contributed by atoms with van der Waals surface area (Å²) < 4.78 is 6.89. The first-order valence-electron chi connectivity index (χ1n) is 13.6. The van der Waals surface area contributed by atoms with E-state index in [0.717, 1.165) is 11.5 Å². The van der Waals surface area contributed by atoms with E-state index in [2.05, 4.69) is 111 Å². The molecule has 184 valence electrons. The molecular weight excluding hydrogens is 428 g/mol. The number of fused-ring (bicyclic) bond motifs is 3. The van der Waals surface area contributed by atoms with E-state index in [9.17, 15) is 0 Å². The monoisotopic (exact) mass is 474 g/mol. The minimum atomic E-state index is -1.91. The Labute approximate surface area is 210 Å². The van der Waals surface area contributed by atoms with E-state index in [1.807, 2.05) is 0 Å². The molecule has 2 aliphatic carbocycles. The number of rotatable bonds is 6. The lowest BCUT2D eigenvalue weighted by atomic mass is 9.81. The third kappa shape index (κ3) is 4.32. The Hall–Kier alpha value is -1.80. The van der Waals surface area contributed by atoms with Gasteiger partial charge in [0.1, 0.15) is 11.4 Å². The van der Waals surface area contributed by atoms with Gasteiger partial charge < -0.3 is 4.74 Å². The average Bonchev–Trinajstić information content (AvgIpc) is 3.12. The zero-order chi connectivity index (χ0) is 24.8. The first kappa shape index (κ1) is 25.3. The molecule has 0 N–H and O–H groups in total. The Balaban J connectivity index is 1.92. The van der Waals surface area contributed by atoms with Gasteiger partial charge in [-0.2, -0.15) is 0 Å². The maximum Gasteiger partial charge on any atom is 0.122 e. The van der Waals surface area contributed by atoms with Crippen molar-refractivity contribution >= 4 is 19.3 Å². The van der Waals surface area contributed by atoms with Crippen molar-refractivity contribution in [3.63, 3.8) is 0 Å². The van der Waals surface area contributed by atoms with Crippen LogP contribution >= 0.6 is 0 Å². The van der Waals surface area contributed by atoms with Crippen LogP contribution in [0.5, 0.6) is 5.75 Å². The second kappa shape index (κ2) is 9.34. The van der Waals surface area contributed by atoms with Crippen molar-refractivity contribution in [1.29, 1.82) is 0 Å². The maximum absolute atomic E-state index is 6.89. The highest BCUT2D eigenvalue weighted by molar-refractivity contribution is 6.93. The Morgan fingerprint density at radius 1 is 1.06 bits per heavy atom. The van der Waals surface area contributed by atoms with Gasteiger partial charge in [0.05, 0.1) is 8.07 Å². The summed E-state index contributed by atoms with van der Waals surface area (Å²) in [7, 11) is -1.91. The van der Waals surface area contributed by atoms with Gasteiger partial charge in [0.25, 0.3) is 0 Å². The van der Waals surface area contributed by atoms with Crippen molar-refractivity contribution in [3.05, 3.63) is 64.7 Å². The zero-order valence-electron chi connectivity index (χ0n) is 23.0. The summed E-state index contributed by atoms with van der Waals surface area (Å²) in [5.74, 6) is 3.70. The van der Waals surface area contributed by atoms with E-state index in [1.165, 1.54) is 40.9 Å². The van der Waals surface area contributed by atoms with Crippen LogP contribution < -0.4 is 9.92 Å².